The van der Waals surface area contributed by atoms with Gasteiger partial charge in [-0.25, -0.2) is 0 Å². The molecule has 3 heterocycles. The van der Waals surface area contributed by atoms with Gasteiger partial charge in [0.25, 0.3) is 0 Å². The number of aliphatic imine (C=N–C) groups is 1. The average Bonchev–Trinajstić information content (AvgIpc) is 3.30. The molecule has 0 aromatic rings. The van der Waals surface area contributed by atoms with E-state index in [1.807, 2.05) is 0 Å². The Labute approximate surface area is 181 Å². The molecule has 3 aliphatic heterocycles. The Bertz CT molecular complexity index is 447. The van der Waals surface area contributed by atoms with Gasteiger partial charge in [0.2, 0.25) is 0 Å². The number of likely N-dealkylation sites (N-methyl/N-ethyl adjacent to an activating group) is 1. The number of rotatable bonds is 5. The van der Waals surface area contributed by atoms with Crippen LogP contribution in [0.15, 0.2) is 4.99 Å². The van der Waals surface area contributed by atoms with Crippen LogP contribution in [0, 0.1) is 0 Å². The first-order valence-corrected chi connectivity index (χ1v) is 11.3. The van der Waals surface area contributed by atoms with Crippen LogP contribution >= 0.6 is 35.7 Å². The summed E-state index contributed by atoms with van der Waals surface area (Å²) < 4.78 is 0. The Hall–Kier alpha value is 0.270. The van der Waals surface area contributed by atoms with E-state index in [1.54, 1.807) is 0 Å². The first-order chi connectivity index (χ1) is 12.1. The second-order valence-electron chi connectivity index (χ2n) is 8.08. The maximum atomic E-state index is 5.11. The smallest absolute Gasteiger partial charge is 0.194 e. The van der Waals surface area contributed by atoms with Crippen molar-refractivity contribution in [2.45, 2.75) is 50.6 Å². The molecule has 2 atom stereocenters. The van der Waals surface area contributed by atoms with Crippen LogP contribution in [-0.2, 0) is 0 Å². The molecule has 3 aliphatic rings. The lowest BCUT2D eigenvalue weighted by molar-refractivity contribution is 0.168. The molecule has 0 aromatic heterocycles. The van der Waals surface area contributed by atoms with Gasteiger partial charge in [0.15, 0.2) is 5.96 Å². The van der Waals surface area contributed by atoms with Crippen LogP contribution in [0.5, 0.6) is 0 Å². The van der Waals surface area contributed by atoms with Gasteiger partial charge in [-0.15, -0.1) is 24.0 Å². The van der Waals surface area contributed by atoms with Crippen molar-refractivity contribution >= 4 is 41.7 Å². The minimum Gasteiger partial charge on any atom is -0.357 e. The Morgan fingerprint density at radius 1 is 1.23 bits per heavy atom. The Morgan fingerprint density at radius 3 is 2.62 bits per heavy atom. The largest absolute Gasteiger partial charge is 0.357 e. The summed E-state index contributed by atoms with van der Waals surface area (Å²) in [6.45, 7) is 8.95. The van der Waals surface area contributed by atoms with Crippen LogP contribution in [-0.4, -0.2) is 97.1 Å². The fourth-order valence-corrected chi connectivity index (χ4v) is 5.92. The number of hydrogen-bond donors (Lipinski definition) is 1. The van der Waals surface area contributed by atoms with Gasteiger partial charge in [-0.05, 0) is 65.5 Å². The summed E-state index contributed by atoms with van der Waals surface area (Å²) in [5.74, 6) is 3.62. The van der Waals surface area contributed by atoms with Crippen LogP contribution in [0.4, 0.5) is 0 Å². The number of thioether (sulfide) groups is 1. The quantitative estimate of drug-likeness (QED) is 0.360. The third kappa shape index (κ3) is 5.41. The third-order valence-electron chi connectivity index (χ3n) is 6.26. The normalized spacial score (nSPS) is 30.7. The molecule has 0 saturated carbocycles. The summed E-state index contributed by atoms with van der Waals surface area (Å²) in [6, 6.07) is 0.731. The van der Waals surface area contributed by atoms with Crippen LogP contribution in [0.25, 0.3) is 0 Å². The van der Waals surface area contributed by atoms with Crippen LogP contribution in [0.3, 0.4) is 0 Å². The van der Waals surface area contributed by atoms with Crippen molar-refractivity contribution in [3.63, 3.8) is 0 Å². The van der Waals surface area contributed by atoms with Crippen molar-refractivity contribution < 1.29 is 0 Å². The van der Waals surface area contributed by atoms with E-state index in [9.17, 15) is 0 Å². The van der Waals surface area contributed by atoms with Gasteiger partial charge in [0, 0.05) is 37.0 Å². The highest BCUT2D eigenvalue weighted by molar-refractivity contribution is 14.0. The van der Waals surface area contributed by atoms with E-state index in [1.165, 1.54) is 56.7 Å². The predicted molar refractivity (Wildman–Crippen MR) is 125 cm³/mol. The number of likely N-dealkylation sites (tertiary alicyclic amines) is 2. The third-order valence-corrected chi connectivity index (χ3v) is 7.49. The Kier molecular flexibility index (Phi) is 9.30. The lowest BCUT2D eigenvalue weighted by Crippen LogP contribution is -2.49. The maximum Gasteiger partial charge on any atom is 0.194 e. The molecular weight excluding hydrogens is 457 g/mol. The Morgan fingerprint density at radius 2 is 2.00 bits per heavy atom. The van der Waals surface area contributed by atoms with Gasteiger partial charge in [-0.3, -0.25) is 9.89 Å². The van der Waals surface area contributed by atoms with Gasteiger partial charge < -0.3 is 15.1 Å². The number of hydrogen-bond acceptors (Lipinski definition) is 4. The predicted octanol–water partition coefficient (Wildman–Crippen LogP) is 2.57. The summed E-state index contributed by atoms with van der Waals surface area (Å²) in [6.07, 6.45) is 6.73. The maximum absolute atomic E-state index is 5.11. The van der Waals surface area contributed by atoms with E-state index in [-0.39, 0.29) is 29.5 Å². The highest BCUT2D eigenvalue weighted by atomic mass is 127. The molecule has 3 rings (SSSR count). The van der Waals surface area contributed by atoms with Gasteiger partial charge in [0.1, 0.15) is 0 Å². The van der Waals surface area contributed by atoms with E-state index in [4.69, 9.17) is 4.99 Å². The molecule has 0 aliphatic carbocycles. The van der Waals surface area contributed by atoms with Gasteiger partial charge in [0.05, 0.1) is 6.54 Å². The lowest BCUT2D eigenvalue weighted by atomic mass is 9.98. The molecule has 1 N–H and O–H groups in total. The van der Waals surface area contributed by atoms with E-state index in [2.05, 4.69) is 52.8 Å². The lowest BCUT2D eigenvalue weighted by Gasteiger charge is -2.35. The monoisotopic (exact) mass is 495 g/mol. The first-order valence-electron chi connectivity index (χ1n) is 10.2. The molecular formula is C19H38IN5S. The number of halogens is 1. The minimum atomic E-state index is 0. The highest BCUT2D eigenvalue weighted by Gasteiger charge is 2.37. The molecule has 3 saturated heterocycles. The van der Waals surface area contributed by atoms with Crippen molar-refractivity contribution in [1.29, 1.82) is 0 Å². The van der Waals surface area contributed by atoms with Gasteiger partial charge >= 0.3 is 0 Å². The van der Waals surface area contributed by atoms with Crippen LogP contribution in [0.1, 0.15) is 39.0 Å². The van der Waals surface area contributed by atoms with Crippen LogP contribution in [0.2, 0.25) is 0 Å². The fourth-order valence-electron chi connectivity index (χ4n) is 4.38. The fraction of sp³-hybridized carbons (Fsp3) is 0.947. The summed E-state index contributed by atoms with van der Waals surface area (Å²) in [5, 5.41) is 3.56. The van der Waals surface area contributed by atoms with E-state index < -0.39 is 0 Å². The molecule has 0 radical (unpaired) electrons. The summed E-state index contributed by atoms with van der Waals surface area (Å²) >= 11 is 2.07. The van der Waals surface area contributed by atoms with Gasteiger partial charge in [-0.1, -0.05) is 6.42 Å². The average molecular weight is 496 g/mol. The number of piperidine rings is 1. The van der Waals surface area contributed by atoms with E-state index in [0.717, 1.165) is 38.2 Å². The van der Waals surface area contributed by atoms with Crippen molar-refractivity contribution in [3.05, 3.63) is 0 Å². The highest BCUT2D eigenvalue weighted by Crippen LogP contribution is 2.32. The summed E-state index contributed by atoms with van der Waals surface area (Å²) in [4.78, 5) is 12.7. The van der Waals surface area contributed by atoms with Gasteiger partial charge in [-0.2, -0.15) is 11.8 Å². The summed E-state index contributed by atoms with van der Waals surface area (Å²) in [7, 11) is 4.44. The zero-order valence-electron chi connectivity index (χ0n) is 16.9. The SMILES string of the molecule is CCNC(=NCC1(N(C)C)CCSC1)N1CCC(N2CCCCC2)C1.I. The van der Waals surface area contributed by atoms with Crippen molar-refractivity contribution in [2.75, 3.05) is 64.9 Å². The zero-order valence-corrected chi connectivity index (χ0v) is 20.0. The second kappa shape index (κ2) is 10.7. The Balaban J connectivity index is 0.00000243. The standard InChI is InChI=1S/C19H37N5S.HI/c1-4-20-18(21-15-19(22(2)3)9-13-25-16-19)24-12-8-17(14-24)23-10-6-5-7-11-23;/h17H,4-16H2,1-3H3,(H,20,21);1H. The van der Waals surface area contributed by atoms with E-state index in [0.29, 0.717) is 0 Å². The molecule has 26 heavy (non-hydrogen) atoms. The molecule has 5 nitrogen and oxygen atoms in total. The number of nitrogens with one attached hydrogen (secondary N) is 1. The molecule has 7 heteroatoms. The zero-order chi connectivity index (χ0) is 17.7. The second-order valence-corrected chi connectivity index (χ2v) is 9.18. The van der Waals surface area contributed by atoms with Crippen LogP contribution < -0.4 is 5.32 Å². The molecule has 0 aromatic carbocycles. The molecule has 0 bridgehead atoms. The molecule has 0 amide bonds. The summed E-state index contributed by atoms with van der Waals surface area (Å²) in [5.41, 5.74) is 0.247. The minimum absolute atomic E-state index is 0. The van der Waals surface area contributed by atoms with Crippen molar-refractivity contribution in [1.82, 2.24) is 20.0 Å². The van der Waals surface area contributed by atoms with Crippen molar-refractivity contribution in [3.8, 4) is 0 Å². The number of guanidine groups is 1. The van der Waals surface area contributed by atoms with Crippen molar-refractivity contribution in [2.24, 2.45) is 4.99 Å². The molecule has 152 valence electrons. The van der Waals surface area contributed by atoms with E-state index >= 15 is 0 Å². The molecule has 3 fully saturated rings. The molecule has 0 spiro atoms. The molecule has 2 unspecified atom stereocenters. The topological polar surface area (TPSA) is 34.1 Å². The first kappa shape index (κ1) is 22.6. The number of nitrogens with zero attached hydrogens (tertiary/aromatic N) is 4.